The van der Waals surface area contributed by atoms with Crippen molar-refractivity contribution in [1.82, 2.24) is 10.6 Å². The predicted octanol–water partition coefficient (Wildman–Crippen LogP) is 1.79. The van der Waals surface area contributed by atoms with Crippen LogP contribution in [0.3, 0.4) is 0 Å². The molecule has 0 saturated carbocycles. The lowest BCUT2D eigenvalue weighted by atomic mass is 10.4. The number of aliphatic imine (C=N–C) groups is 1. The first-order valence-electron chi connectivity index (χ1n) is 8.81. The maximum Gasteiger partial charge on any atom is 0.191 e. The number of hydrogen-bond acceptors (Lipinski definition) is 4. The van der Waals surface area contributed by atoms with Crippen molar-refractivity contribution in [2.75, 3.05) is 52.3 Å². The van der Waals surface area contributed by atoms with Crippen molar-refractivity contribution in [2.45, 2.75) is 24.7 Å². The molecule has 0 heterocycles. The third-order valence-electron chi connectivity index (χ3n) is 3.36. The van der Waals surface area contributed by atoms with Crippen molar-refractivity contribution in [3.05, 3.63) is 30.3 Å². The number of unbranched alkanes of at least 4 members (excludes halogenated alkanes) is 1. The summed E-state index contributed by atoms with van der Waals surface area (Å²) in [6.45, 7) is 6.04. The first-order valence-corrected chi connectivity index (χ1v) is 10.1. The Labute approximate surface area is 153 Å². The predicted molar refractivity (Wildman–Crippen MR) is 104 cm³/mol. The van der Waals surface area contributed by atoms with Gasteiger partial charge in [0.05, 0.1) is 30.6 Å². The Morgan fingerprint density at radius 1 is 1.04 bits per heavy atom. The fourth-order valence-corrected chi connectivity index (χ4v) is 2.97. The zero-order chi connectivity index (χ0) is 18.2. The fraction of sp³-hybridized carbons (Fsp3) is 0.611. The van der Waals surface area contributed by atoms with E-state index >= 15 is 0 Å². The van der Waals surface area contributed by atoms with Gasteiger partial charge in [-0.3, -0.25) is 9.20 Å². The van der Waals surface area contributed by atoms with E-state index in [1.807, 2.05) is 30.3 Å². The first kappa shape index (κ1) is 21.6. The molecule has 0 aromatic heterocycles. The van der Waals surface area contributed by atoms with Crippen LogP contribution < -0.4 is 10.6 Å². The van der Waals surface area contributed by atoms with Crippen LogP contribution in [0.4, 0.5) is 0 Å². The molecule has 7 heteroatoms. The SMILES string of the molecule is CCCCOCCOCCNC(=NC)NCCS(=O)c1ccccc1. The van der Waals surface area contributed by atoms with Crippen LogP contribution in [0.2, 0.25) is 0 Å². The Morgan fingerprint density at radius 2 is 1.72 bits per heavy atom. The van der Waals surface area contributed by atoms with E-state index in [0.29, 0.717) is 44.6 Å². The number of guanidine groups is 1. The molecule has 0 aliphatic carbocycles. The largest absolute Gasteiger partial charge is 0.379 e. The average Bonchev–Trinajstić information content (AvgIpc) is 2.65. The second-order valence-corrected chi connectivity index (χ2v) is 6.94. The van der Waals surface area contributed by atoms with Crippen LogP contribution in [0.15, 0.2) is 40.2 Å². The molecule has 0 aliphatic rings. The summed E-state index contributed by atoms with van der Waals surface area (Å²) in [4.78, 5) is 4.99. The maximum absolute atomic E-state index is 12.1. The highest BCUT2D eigenvalue weighted by Gasteiger charge is 2.03. The summed E-state index contributed by atoms with van der Waals surface area (Å²) < 4.78 is 23.0. The lowest BCUT2D eigenvalue weighted by Crippen LogP contribution is -2.40. The van der Waals surface area contributed by atoms with Crippen molar-refractivity contribution in [2.24, 2.45) is 4.99 Å². The normalized spacial score (nSPS) is 12.8. The molecular weight excluding hydrogens is 338 g/mol. The van der Waals surface area contributed by atoms with Gasteiger partial charge >= 0.3 is 0 Å². The van der Waals surface area contributed by atoms with E-state index in [9.17, 15) is 4.21 Å². The fourth-order valence-electron chi connectivity index (χ4n) is 1.98. The molecule has 1 unspecified atom stereocenters. The van der Waals surface area contributed by atoms with E-state index in [-0.39, 0.29) is 0 Å². The Hall–Kier alpha value is -1.44. The molecular formula is C18H31N3O3S. The molecule has 0 aliphatic heterocycles. The Kier molecular flexibility index (Phi) is 12.8. The van der Waals surface area contributed by atoms with Gasteiger partial charge < -0.3 is 20.1 Å². The number of rotatable bonds is 13. The molecule has 6 nitrogen and oxygen atoms in total. The number of nitrogens with one attached hydrogen (secondary N) is 2. The van der Waals surface area contributed by atoms with E-state index in [0.717, 1.165) is 24.3 Å². The van der Waals surface area contributed by atoms with Crippen molar-refractivity contribution in [3.63, 3.8) is 0 Å². The minimum atomic E-state index is -1.000. The molecule has 0 fully saturated rings. The molecule has 0 spiro atoms. The highest BCUT2D eigenvalue weighted by molar-refractivity contribution is 7.85. The lowest BCUT2D eigenvalue weighted by molar-refractivity contribution is 0.0487. The molecule has 2 N–H and O–H groups in total. The number of nitrogens with zero attached hydrogens (tertiary/aromatic N) is 1. The molecule has 0 radical (unpaired) electrons. The molecule has 1 atom stereocenters. The molecule has 1 rings (SSSR count). The highest BCUT2D eigenvalue weighted by atomic mass is 32.2. The summed E-state index contributed by atoms with van der Waals surface area (Å²) in [6.07, 6.45) is 2.24. The Morgan fingerprint density at radius 3 is 2.40 bits per heavy atom. The van der Waals surface area contributed by atoms with Gasteiger partial charge in [0.1, 0.15) is 0 Å². The van der Waals surface area contributed by atoms with Gasteiger partial charge in [-0.25, -0.2) is 0 Å². The molecule has 0 amide bonds. The van der Waals surface area contributed by atoms with Crippen molar-refractivity contribution < 1.29 is 13.7 Å². The van der Waals surface area contributed by atoms with Gasteiger partial charge in [-0.2, -0.15) is 0 Å². The minimum absolute atomic E-state index is 0.538. The first-order chi connectivity index (χ1) is 12.3. The zero-order valence-corrected chi connectivity index (χ0v) is 16.1. The second kappa shape index (κ2) is 14.9. The Bertz CT molecular complexity index is 498. The number of ether oxygens (including phenoxy) is 2. The lowest BCUT2D eigenvalue weighted by Gasteiger charge is -2.12. The van der Waals surface area contributed by atoms with E-state index in [1.165, 1.54) is 0 Å². The average molecular weight is 370 g/mol. The van der Waals surface area contributed by atoms with Crippen molar-refractivity contribution in [3.8, 4) is 0 Å². The van der Waals surface area contributed by atoms with Gasteiger partial charge in [0.15, 0.2) is 5.96 Å². The van der Waals surface area contributed by atoms with E-state index < -0.39 is 10.8 Å². The van der Waals surface area contributed by atoms with Gasteiger partial charge in [-0.05, 0) is 18.6 Å². The Balaban J connectivity index is 2.04. The van der Waals surface area contributed by atoms with Crippen LogP contribution in [0.25, 0.3) is 0 Å². The minimum Gasteiger partial charge on any atom is -0.379 e. The van der Waals surface area contributed by atoms with Crippen LogP contribution in [-0.4, -0.2) is 62.5 Å². The van der Waals surface area contributed by atoms with E-state index in [4.69, 9.17) is 9.47 Å². The summed E-state index contributed by atoms with van der Waals surface area (Å²) in [5, 5.41) is 6.33. The quantitative estimate of drug-likeness (QED) is 0.315. The number of hydrogen-bond donors (Lipinski definition) is 2. The number of benzene rings is 1. The third kappa shape index (κ3) is 10.9. The van der Waals surface area contributed by atoms with E-state index in [2.05, 4.69) is 22.5 Å². The van der Waals surface area contributed by atoms with Crippen LogP contribution >= 0.6 is 0 Å². The summed E-state index contributed by atoms with van der Waals surface area (Å²) in [5.74, 6) is 1.23. The molecule has 1 aromatic rings. The monoisotopic (exact) mass is 369 g/mol. The van der Waals surface area contributed by atoms with Crippen LogP contribution in [0, 0.1) is 0 Å². The van der Waals surface area contributed by atoms with Gasteiger partial charge in [0.2, 0.25) is 0 Å². The van der Waals surface area contributed by atoms with Crippen molar-refractivity contribution >= 4 is 16.8 Å². The maximum atomic E-state index is 12.1. The smallest absolute Gasteiger partial charge is 0.191 e. The second-order valence-electron chi connectivity index (χ2n) is 5.37. The van der Waals surface area contributed by atoms with Gasteiger partial charge in [0, 0.05) is 37.4 Å². The van der Waals surface area contributed by atoms with Crippen molar-refractivity contribution in [1.29, 1.82) is 0 Å². The standard InChI is InChI=1S/C18H31N3O3S/c1-3-4-12-23-14-15-24-13-10-20-18(19-2)21-11-16-25(22)17-8-6-5-7-9-17/h5-9H,3-4,10-16H2,1-2H3,(H2,19,20,21). The van der Waals surface area contributed by atoms with Gasteiger partial charge in [-0.15, -0.1) is 0 Å². The highest BCUT2D eigenvalue weighted by Crippen LogP contribution is 2.04. The molecule has 142 valence electrons. The van der Waals surface area contributed by atoms with Gasteiger partial charge in [-0.1, -0.05) is 31.5 Å². The molecule has 0 bridgehead atoms. The topological polar surface area (TPSA) is 72.0 Å². The summed E-state index contributed by atoms with van der Waals surface area (Å²) in [5.41, 5.74) is 0. The van der Waals surface area contributed by atoms with E-state index in [1.54, 1.807) is 7.05 Å². The summed E-state index contributed by atoms with van der Waals surface area (Å²) in [6, 6.07) is 9.48. The van der Waals surface area contributed by atoms with Gasteiger partial charge in [0.25, 0.3) is 0 Å². The summed E-state index contributed by atoms with van der Waals surface area (Å²) in [7, 11) is 0.715. The third-order valence-corrected chi connectivity index (χ3v) is 4.74. The summed E-state index contributed by atoms with van der Waals surface area (Å²) >= 11 is 0. The zero-order valence-electron chi connectivity index (χ0n) is 15.3. The molecule has 0 saturated heterocycles. The molecule has 25 heavy (non-hydrogen) atoms. The van der Waals surface area contributed by atoms with Crippen LogP contribution in [-0.2, 0) is 20.3 Å². The van der Waals surface area contributed by atoms with Crippen LogP contribution in [0.1, 0.15) is 19.8 Å². The molecule has 1 aromatic carbocycles. The van der Waals surface area contributed by atoms with Crippen LogP contribution in [0.5, 0.6) is 0 Å².